The third kappa shape index (κ3) is 4.57. The maximum atomic E-state index is 12.4. The first kappa shape index (κ1) is 18.5. The molecule has 0 aliphatic heterocycles. The van der Waals surface area contributed by atoms with Crippen LogP contribution in [-0.2, 0) is 14.8 Å². The second-order valence-electron chi connectivity index (χ2n) is 4.57. The smallest absolute Gasteiger partial charge is 0.304 e. The molecule has 8 nitrogen and oxygen atoms in total. The number of nitrogens with zero attached hydrogens (tertiary/aromatic N) is 1. The fraction of sp³-hybridized carbons (Fsp3) is 0.231. The highest BCUT2D eigenvalue weighted by molar-refractivity contribution is 7.94. The van der Waals surface area contributed by atoms with E-state index < -0.39 is 14.9 Å². The summed E-state index contributed by atoms with van der Waals surface area (Å²) in [7, 11) is -2.45. The zero-order chi connectivity index (χ0) is 17.7. The minimum atomic E-state index is -3.94. The lowest BCUT2D eigenvalue weighted by Crippen LogP contribution is -2.11. The number of nitro groups is 1. The van der Waals surface area contributed by atoms with Gasteiger partial charge in [0.15, 0.2) is 5.00 Å². The van der Waals surface area contributed by atoms with Gasteiger partial charge in [-0.2, -0.15) is 0 Å². The normalized spacial score (nSPS) is 11.2. The van der Waals surface area contributed by atoms with Crippen molar-refractivity contribution in [1.29, 1.82) is 0 Å². The number of ether oxygens (including phenoxy) is 1. The van der Waals surface area contributed by atoms with E-state index in [1.165, 1.54) is 31.4 Å². The lowest BCUT2D eigenvalue weighted by Gasteiger charge is -2.05. The quantitative estimate of drug-likeness (QED) is 0.406. The summed E-state index contributed by atoms with van der Waals surface area (Å²) in [6.45, 7) is 0.655. The van der Waals surface area contributed by atoms with E-state index in [1.807, 2.05) is 0 Å². The van der Waals surface area contributed by atoms with Gasteiger partial charge < -0.3 is 10.1 Å². The van der Waals surface area contributed by atoms with Crippen LogP contribution < -0.4 is 10.0 Å². The topological polar surface area (TPSA) is 111 Å². The summed E-state index contributed by atoms with van der Waals surface area (Å²) < 4.78 is 31.8. The number of benzene rings is 1. The lowest BCUT2D eigenvalue weighted by atomic mass is 10.3. The molecule has 130 valence electrons. The molecule has 1 heterocycles. The largest absolute Gasteiger partial charge is 0.383 e. The Hall–Kier alpha value is -1.88. The Morgan fingerprint density at radius 2 is 2.00 bits per heavy atom. The Bertz CT molecular complexity index is 821. The number of nitrogens with one attached hydrogen (secondary N) is 2. The van der Waals surface area contributed by atoms with Crippen LogP contribution in [0.2, 0.25) is 5.02 Å². The van der Waals surface area contributed by atoms with Crippen LogP contribution in [0.25, 0.3) is 0 Å². The van der Waals surface area contributed by atoms with Gasteiger partial charge in [0.2, 0.25) is 0 Å². The fourth-order valence-corrected chi connectivity index (χ4v) is 4.28. The molecule has 0 aliphatic carbocycles. The van der Waals surface area contributed by atoms with Crippen molar-refractivity contribution in [2.75, 3.05) is 30.3 Å². The summed E-state index contributed by atoms with van der Waals surface area (Å²) in [4.78, 5) is 10.5. The van der Waals surface area contributed by atoms with E-state index in [4.69, 9.17) is 16.3 Å². The first-order valence-electron chi connectivity index (χ1n) is 6.63. The lowest BCUT2D eigenvalue weighted by molar-refractivity contribution is -0.383. The zero-order valence-electron chi connectivity index (χ0n) is 12.5. The van der Waals surface area contributed by atoms with Gasteiger partial charge in [-0.25, -0.2) is 8.42 Å². The standard InChI is InChI=1S/C13H14ClN3O5S2/c1-22-7-6-15-13-11(17(18)19)8-12(23-13)24(20,21)16-10-4-2-9(14)3-5-10/h2-5,8,15-16H,6-7H2,1H3. The average molecular weight is 392 g/mol. The summed E-state index contributed by atoms with van der Waals surface area (Å²) in [6.07, 6.45) is 0. The number of thiophene rings is 1. The molecular weight excluding hydrogens is 378 g/mol. The molecular formula is C13H14ClN3O5S2. The molecule has 0 saturated heterocycles. The molecule has 0 amide bonds. The zero-order valence-corrected chi connectivity index (χ0v) is 14.9. The molecule has 0 spiro atoms. The predicted molar refractivity (Wildman–Crippen MR) is 93.6 cm³/mol. The molecule has 0 saturated carbocycles. The van der Waals surface area contributed by atoms with Crippen molar-refractivity contribution in [2.45, 2.75) is 4.21 Å². The fourth-order valence-electron chi connectivity index (χ4n) is 1.74. The van der Waals surface area contributed by atoms with E-state index in [-0.39, 0.29) is 14.9 Å². The summed E-state index contributed by atoms with van der Waals surface area (Å²) in [5, 5.41) is 14.5. The van der Waals surface area contributed by atoms with Gasteiger partial charge in [-0.05, 0) is 24.3 Å². The van der Waals surface area contributed by atoms with Crippen LogP contribution in [0.1, 0.15) is 0 Å². The van der Waals surface area contributed by atoms with E-state index in [0.29, 0.717) is 23.9 Å². The second-order valence-corrected chi connectivity index (χ2v) is 7.97. The summed E-state index contributed by atoms with van der Waals surface area (Å²) in [6, 6.07) is 7.10. The molecule has 1 aromatic carbocycles. The summed E-state index contributed by atoms with van der Waals surface area (Å²) >= 11 is 6.53. The van der Waals surface area contributed by atoms with E-state index >= 15 is 0 Å². The third-order valence-corrected chi connectivity index (χ3v) is 6.03. The Kier molecular flexibility index (Phi) is 5.99. The predicted octanol–water partition coefficient (Wildman–Crippen LogP) is 3.17. The van der Waals surface area contributed by atoms with Gasteiger partial charge in [-0.3, -0.25) is 14.8 Å². The summed E-state index contributed by atoms with van der Waals surface area (Å²) in [5.74, 6) is 0. The molecule has 0 radical (unpaired) electrons. The molecule has 0 bridgehead atoms. The third-order valence-electron chi connectivity index (χ3n) is 2.84. The van der Waals surface area contributed by atoms with Gasteiger partial charge in [0.1, 0.15) is 4.21 Å². The van der Waals surface area contributed by atoms with E-state index in [2.05, 4.69) is 10.0 Å². The van der Waals surface area contributed by atoms with Gasteiger partial charge in [-0.15, -0.1) is 0 Å². The Balaban J connectivity index is 2.27. The van der Waals surface area contributed by atoms with Crippen molar-refractivity contribution in [3.63, 3.8) is 0 Å². The van der Waals surface area contributed by atoms with Gasteiger partial charge >= 0.3 is 5.69 Å². The molecule has 2 aromatic rings. The Morgan fingerprint density at radius 1 is 1.33 bits per heavy atom. The van der Waals surface area contributed by atoms with E-state index in [9.17, 15) is 18.5 Å². The van der Waals surface area contributed by atoms with Crippen LogP contribution in [0.15, 0.2) is 34.5 Å². The molecule has 2 rings (SSSR count). The number of anilines is 2. The minimum Gasteiger partial charge on any atom is -0.383 e. The molecule has 0 unspecified atom stereocenters. The average Bonchev–Trinajstić information content (AvgIpc) is 2.95. The van der Waals surface area contributed by atoms with Crippen LogP contribution in [-0.4, -0.2) is 33.6 Å². The van der Waals surface area contributed by atoms with Crippen molar-refractivity contribution in [2.24, 2.45) is 0 Å². The van der Waals surface area contributed by atoms with Crippen LogP contribution >= 0.6 is 22.9 Å². The highest BCUT2D eigenvalue weighted by Crippen LogP contribution is 2.37. The molecule has 0 aliphatic rings. The maximum Gasteiger partial charge on any atom is 0.304 e. The minimum absolute atomic E-state index is 0.161. The number of methoxy groups -OCH3 is 1. The number of rotatable bonds is 8. The van der Waals surface area contributed by atoms with Crippen molar-refractivity contribution >= 4 is 49.3 Å². The SMILES string of the molecule is COCCNc1sc(S(=O)(=O)Nc2ccc(Cl)cc2)cc1[N+](=O)[O-]. The Labute approximate surface area is 147 Å². The Morgan fingerprint density at radius 3 is 2.58 bits per heavy atom. The van der Waals surface area contributed by atoms with Crippen LogP contribution in [0.5, 0.6) is 0 Å². The van der Waals surface area contributed by atoms with Gasteiger partial charge in [-0.1, -0.05) is 22.9 Å². The molecule has 0 atom stereocenters. The first-order chi connectivity index (χ1) is 11.3. The van der Waals surface area contributed by atoms with E-state index in [1.54, 1.807) is 0 Å². The van der Waals surface area contributed by atoms with Gasteiger partial charge in [0.25, 0.3) is 10.0 Å². The monoisotopic (exact) mass is 391 g/mol. The number of halogens is 1. The number of hydrogen-bond acceptors (Lipinski definition) is 7. The van der Waals surface area contributed by atoms with Crippen LogP contribution in [0.3, 0.4) is 0 Å². The van der Waals surface area contributed by atoms with Crippen molar-refractivity contribution in [3.05, 3.63) is 45.5 Å². The molecule has 24 heavy (non-hydrogen) atoms. The molecule has 11 heteroatoms. The molecule has 1 aromatic heterocycles. The van der Waals surface area contributed by atoms with Crippen molar-refractivity contribution in [1.82, 2.24) is 0 Å². The number of sulfonamides is 1. The highest BCUT2D eigenvalue weighted by Gasteiger charge is 2.26. The molecule has 2 N–H and O–H groups in total. The van der Waals surface area contributed by atoms with Gasteiger partial charge in [0.05, 0.1) is 11.5 Å². The van der Waals surface area contributed by atoms with Crippen molar-refractivity contribution in [3.8, 4) is 0 Å². The second kappa shape index (κ2) is 7.79. The first-order valence-corrected chi connectivity index (χ1v) is 9.30. The van der Waals surface area contributed by atoms with Gasteiger partial charge in [0, 0.05) is 30.4 Å². The van der Waals surface area contributed by atoms with Crippen LogP contribution in [0, 0.1) is 10.1 Å². The number of hydrogen-bond donors (Lipinski definition) is 2. The van der Waals surface area contributed by atoms with Crippen LogP contribution in [0.4, 0.5) is 16.4 Å². The molecule has 0 fully saturated rings. The maximum absolute atomic E-state index is 12.4. The van der Waals surface area contributed by atoms with Crippen molar-refractivity contribution < 1.29 is 18.1 Å². The van der Waals surface area contributed by atoms with E-state index in [0.717, 1.165) is 17.4 Å². The summed E-state index contributed by atoms with van der Waals surface area (Å²) in [5.41, 5.74) is 0.0110. The highest BCUT2D eigenvalue weighted by atomic mass is 35.5.